The SMILES string of the molecule is COc1cc(N2CCn3c(nc4ccccc43)C2)ccc1NC(=O)Cn1nc(C)c2ccccc2c1=O. The second kappa shape index (κ2) is 9.09. The minimum atomic E-state index is -0.359. The number of fused-ring (bicyclic) bond motifs is 4. The van der Waals surface area contributed by atoms with Crippen LogP contribution in [0.2, 0.25) is 0 Å². The maximum Gasteiger partial charge on any atom is 0.275 e. The summed E-state index contributed by atoms with van der Waals surface area (Å²) in [6, 6.07) is 21.2. The van der Waals surface area contributed by atoms with Gasteiger partial charge in [-0.25, -0.2) is 9.67 Å². The highest BCUT2D eigenvalue weighted by atomic mass is 16.5. The first-order chi connectivity index (χ1) is 18.0. The lowest BCUT2D eigenvalue weighted by Gasteiger charge is -2.30. The average molecular weight is 495 g/mol. The molecule has 5 aromatic rings. The van der Waals surface area contributed by atoms with Gasteiger partial charge < -0.3 is 19.5 Å². The standard InChI is InChI=1S/C28H26N6O3/c1-18-20-7-3-4-8-21(20)28(36)34(31-18)17-27(35)30-23-12-11-19(15-25(23)37-2)32-13-14-33-24-10-6-5-9-22(24)29-26(33)16-32/h3-12,15H,13-14,16-17H2,1-2H3,(H,30,35). The zero-order valence-electron chi connectivity index (χ0n) is 20.6. The van der Waals surface area contributed by atoms with E-state index in [1.807, 2.05) is 55.5 Å². The van der Waals surface area contributed by atoms with Gasteiger partial charge in [-0.05, 0) is 37.3 Å². The van der Waals surface area contributed by atoms with Crippen molar-refractivity contribution in [1.29, 1.82) is 0 Å². The molecular formula is C28H26N6O3. The Kier molecular flexibility index (Phi) is 5.60. The van der Waals surface area contributed by atoms with Gasteiger partial charge in [0, 0.05) is 30.2 Å². The van der Waals surface area contributed by atoms with Gasteiger partial charge in [-0.3, -0.25) is 9.59 Å². The van der Waals surface area contributed by atoms with Crippen LogP contribution in [0, 0.1) is 6.92 Å². The molecule has 9 nitrogen and oxygen atoms in total. The van der Waals surface area contributed by atoms with Gasteiger partial charge in [-0.1, -0.05) is 30.3 Å². The van der Waals surface area contributed by atoms with Crippen LogP contribution in [0.3, 0.4) is 0 Å². The van der Waals surface area contributed by atoms with Crippen molar-refractivity contribution in [2.45, 2.75) is 26.6 Å². The van der Waals surface area contributed by atoms with E-state index in [4.69, 9.17) is 9.72 Å². The highest BCUT2D eigenvalue weighted by molar-refractivity contribution is 5.93. The number of hydrogen-bond donors (Lipinski definition) is 1. The molecule has 1 aliphatic heterocycles. The van der Waals surface area contributed by atoms with E-state index in [2.05, 4.69) is 25.9 Å². The van der Waals surface area contributed by atoms with Gasteiger partial charge in [0.15, 0.2) is 0 Å². The second-order valence-corrected chi connectivity index (χ2v) is 9.12. The molecule has 1 aliphatic rings. The van der Waals surface area contributed by atoms with Crippen LogP contribution in [0.25, 0.3) is 21.8 Å². The molecule has 0 saturated heterocycles. The van der Waals surface area contributed by atoms with E-state index in [0.717, 1.165) is 41.0 Å². The summed E-state index contributed by atoms with van der Waals surface area (Å²) in [6.45, 7) is 3.98. The monoisotopic (exact) mass is 494 g/mol. The van der Waals surface area contributed by atoms with E-state index < -0.39 is 0 Å². The van der Waals surface area contributed by atoms with Crippen LogP contribution in [0.15, 0.2) is 71.5 Å². The van der Waals surface area contributed by atoms with Gasteiger partial charge in [0.2, 0.25) is 5.91 Å². The largest absolute Gasteiger partial charge is 0.494 e. The van der Waals surface area contributed by atoms with E-state index in [0.29, 0.717) is 29.1 Å². The molecule has 3 aromatic carbocycles. The number of hydrogen-bond acceptors (Lipinski definition) is 6. The highest BCUT2D eigenvalue weighted by Crippen LogP contribution is 2.32. The lowest BCUT2D eigenvalue weighted by atomic mass is 10.1. The quantitative estimate of drug-likeness (QED) is 0.400. The molecule has 0 unspecified atom stereocenters. The number of carbonyl (C=O) groups excluding carboxylic acids is 1. The smallest absolute Gasteiger partial charge is 0.275 e. The molecule has 1 amide bonds. The van der Waals surface area contributed by atoms with Crippen molar-refractivity contribution in [3.05, 3.63) is 88.6 Å². The van der Waals surface area contributed by atoms with Crippen LogP contribution < -0.4 is 20.5 Å². The number of anilines is 2. The average Bonchev–Trinajstić information content (AvgIpc) is 3.29. The predicted molar refractivity (Wildman–Crippen MR) is 143 cm³/mol. The Morgan fingerprint density at radius 2 is 1.81 bits per heavy atom. The molecule has 37 heavy (non-hydrogen) atoms. The molecule has 0 atom stereocenters. The minimum Gasteiger partial charge on any atom is -0.494 e. The molecule has 0 aliphatic carbocycles. The van der Waals surface area contributed by atoms with Gasteiger partial charge in [0.05, 0.1) is 41.5 Å². The first kappa shape index (κ1) is 22.8. The predicted octanol–water partition coefficient (Wildman–Crippen LogP) is 3.72. The van der Waals surface area contributed by atoms with Crippen LogP contribution in [-0.2, 0) is 24.4 Å². The first-order valence-corrected chi connectivity index (χ1v) is 12.2. The van der Waals surface area contributed by atoms with Gasteiger partial charge in [0.25, 0.3) is 5.56 Å². The van der Waals surface area contributed by atoms with E-state index in [-0.39, 0.29) is 18.0 Å². The van der Waals surface area contributed by atoms with Gasteiger partial charge in [-0.15, -0.1) is 0 Å². The molecular weight excluding hydrogens is 468 g/mol. The number of nitrogens with zero attached hydrogens (tertiary/aromatic N) is 5. The highest BCUT2D eigenvalue weighted by Gasteiger charge is 2.21. The number of imidazole rings is 1. The molecule has 0 spiro atoms. The summed E-state index contributed by atoms with van der Waals surface area (Å²) in [5.41, 5.74) is 4.07. The fourth-order valence-electron chi connectivity index (χ4n) is 5.00. The van der Waals surface area contributed by atoms with E-state index in [9.17, 15) is 9.59 Å². The van der Waals surface area contributed by atoms with Crippen molar-refractivity contribution < 1.29 is 9.53 Å². The molecule has 6 rings (SSSR count). The van der Waals surface area contributed by atoms with Gasteiger partial charge in [-0.2, -0.15) is 5.10 Å². The van der Waals surface area contributed by atoms with Crippen molar-refractivity contribution in [2.75, 3.05) is 23.9 Å². The molecule has 0 radical (unpaired) electrons. The third-order valence-electron chi connectivity index (χ3n) is 6.83. The van der Waals surface area contributed by atoms with Crippen molar-refractivity contribution in [3.8, 4) is 5.75 Å². The van der Waals surface area contributed by atoms with Crippen LogP contribution in [0.4, 0.5) is 11.4 Å². The molecule has 0 saturated carbocycles. The Labute approximate surface area is 212 Å². The van der Waals surface area contributed by atoms with E-state index in [1.54, 1.807) is 19.2 Å². The fraction of sp³-hybridized carbons (Fsp3) is 0.214. The van der Waals surface area contributed by atoms with Crippen molar-refractivity contribution in [3.63, 3.8) is 0 Å². The third kappa shape index (κ3) is 4.08. The minimum absolute atomic E-state index is 0.197. The molecule has 186 valence electrons. The molecule has 0 fully saturated rings. The number of nitrogens with one attached hydrogen (secondary N) is 1. The maximum atomic E-state index is 12.9. The van der Waals surface area contributed by atoms with Gasteiger partial charge >= 0.3 is 0 Å². The Morgan fingerprint density at radius 3 is 2.65 bits per heavy atom. The number of benzene rings is 3. The summed E-state index contributed by atoms with van der Waals surface area (Å²) in [5.74, 6) is 1.20. The lowest BCUT2D eigenvalue weighted by Crippen LogP contribution is -2.33. The number of para-hydroxylation sites is 2. The van der Waals surface area contributed by atoms with E-state index in [1.165, 1.54) is 4.68 Å². The summed E-state index contributed by atoms with van der Waals surface area (Å²) in [4.78, 5) is 32.8. The number of carbonyl (C=O) groups is 1. The number of amides is 1. The summed E-state index contributed by atoms with van der Waals surface area (Å²) in [6.07, 6.45) is 0. The first-order valence-electron chi connectivity index (χ1n) is 12.2. The summed E-state index contributed by atoms with van der Waals surface area (Å²) in [7, 11) is 1.57. The van der Waals surface area contributed by atoms with Crippen LogP contribution >= 0.6 is 0 Å². The molecule has 0 bridgehead atoms. The second-order valence-electron chi connectivity index (χ2n) is 9.12. The lowest BCUT2D eigenvalue weighted by molar-refractivity contribution is -0.117. The maximum absolute atomic E-state index is 12.9. The van der Waals surface area contributed by atoms with Crippen molar-refractivity contribution in [1.82, 2.24) is 19.3 Å². The van der Waals surface area contributed by atoms with E-state index >= 15 is 0 Å². The van der Waals surface area contributed by atoms with Crippen molar-refractivity contribution in [2.24, 2.45) is 0 Å². The van der Waals surface area contributed by atoms with Crippen LogP contribution in [-0.4, -0.2) is 38.9 Å². The number of aryl methyl sites for hydroxylation is 1. The number of methoxy groups -OCH3 is 1. The zero-order valence-corrected chi connectivity index (χ0v) is 20.6. The number of rotatable bonds is 5. The summed E-state index contributed by atoms with van der Waals surface area (Å²) >= 11 is 0. The van der Waals surface area contributed by atoms with Crippen molar-refractivity contribution >= 4 is 39.1 Å². The zero-order chi connectivity index (χ0) is 25.5. The molecule has 1 N–H and O–H groups in total. The molecule has 3 heterocycles. The fourth-order valence-corrected chi connectivity index (χ4v) is 5.00. The Morgan fingerprint density at radius 1 is 1.03 bits per heavy atom. The Hall–Kier alpha value is -4.66. The number of aromatic nitrogens is 4. The summed E-state index contributed by atoms with van der Waals surface area (Å²) < 4.78 is 9.07. The topological polar surface area (TPSA) is 94.3 Å². The van der Waals surface area contributed by atoms with Crippen LogP contribution in [0.5, 0.6) is 5.75 Å². The normalized spacial score (nSPS) is 13.1. The Balaban J connectivity index is 1.21. The molecule has 2 aromatic heterocycles. The number of ether oxygens (including phenoxy) is 1. The van der Waals surface area contributed by atoms with Crippen LogP contribution in [0.1, 0.15) is 11.5 Å². The molecule has 9 heteroatoms. The third-order valence-corrected chi connectivity index (χ3v) is 6.83. The summed E-state index contributed by atoms with van der Waals surface area (Å²) in [5, 5.41) is 8.53. The Bertz CT molecular complexity index is 1720. The van der Waals surface area contributed by atoms with Gasteiger partial charge in [0.1, 0.15) is 18.1 Å².